The molecule has 136 valence electrons. The van der Waals surface area contributed by atoms with Crippen LogP contribution < -0.4 is 0 Å². The van der Waals surface area contributed by atoms with Gasteiger partial charge in [-0.15, -0.1) is 12.3 Å². The molecule has 1 amide bonds. The molecule has 6 nitrogen and oxygen atoms in total. The minimum Gasteiger partial charge on any atom is -0.479 e. The number of carbonyl (C=O) groups is 2. The van der Waals surface area contributed by atoms with Crippen molar-refractivity contribution in [3.63, 3.8) is 0 Å². The van der Waals surface area contributed by atoms with Gasteiger partial charge in [0.1, 0.15) is 5.54 Å². The minimum absolute atomic E-state index is 0.141. The molecule has 0 bridgehead atoms. The van der Waals surface area contributed by atoms with Crippen LogP contribution in [0.5, 0.6) is 0 Å². The van der Waals surface area contributed by atoms with E-state index in [2.05, 4.69) is 16.1 Å². The maximum Gasteiger partial charge on any atom is 0.329 e. The molecule has 1 aromatic carbocycles. The Hall–Kier alpha value is -2.68. The van der Waals surface area contributed by atoms with Crippen LogP contribution in [0.25, 0.3) is 0 Å². The summed E-state index contributed by atoms with van der Waals surface area (Å²) in [4.78, 5) is 26.5. The van der Waals surface area contributed by atoms with E-state index in [0.717, 1.165) is 5.56 Å². The minimum atomic E-state index is -1.16. The van der Waals surface area contributed by atoms with Gasteiger partial charge in [-0.1, -0.05) is 30.3 Å². The maximum atomic E-state index is 12.8. The van der Waals surface area contributed by atoms with Crippen LogP contribution in [0.3, 0.4) is 0 Å². The summed E-state index contributed by atoms with van der Waals surface area (Å²) in [5, 5.41) is 18.1. The van der Waals surface area contributed by atoms with Crippen molar-refractivity contribution in [2.24, 2.45) is 10.2 Å². The molecule has 1 atom stereocenters. The summed E-state index contributed by atoms with van der Waals surface area (Å²) in [7, 11) is 0. The van der Waals surface area contributed by atoms with Crippen molar-refractivity contribution in [2.75, 3.05) is 6.54 Å². The normalized spacial score (nSPS) is 22.8. The summed E-state index contributed by atoms with van der Waals surface area (Å²) in [6, 6.07) is 9.48. The molecule has 1 N–H and O–H groups in total. The first-order valence-corrected chi connectivity index (χ1v) is 8.97. The first-order valence-electron chi connectivity index (χ1n) is 8.97. The van der Waals surface area contributed by atoms with Gasteiger partial charge in [0, 0.05) is 38.6 Å². The van der Waals surface area contributed by atoms with Crippen LogP contribution in [0, 0.1) is 12.3 Å². The van der Waals surface area contributed by atoms with Gasteiger partial charge in [-0.05, 0) is 18.4 Å². The van der Waals surface area contributed by atoms with Crippen molar-refractivity contribution >= 4 is 11.9 Å². The molecule has 1 aromatic rings. The van der Waals surface area contributed by atoms with Gasteiger partial charge in [0.05, 0.1) is 0 Å². The third-order valence-corrected chi connectivity index (χ3v) is 5.32. The molecule has 6 heteroatoms. The first-order chi connectivity index (χ1) is 12.5. The number of carboxylic acid groups (broad SMARTS) is 1. The summed E-state index contributed by atoms with van der Waals surface area (Å²) >= 11 is 0. The van der Waals surface area contributed by atoms with Crippen molar-refractivity contribution in [1.29, 1.82) is 0 Å². The number of hydrogen-bond acceptors (Lipinski definition) is 4. The fourth-order valence-electron chi connectivity index (χ4n) is 3.77. The number of amides is 1. The lowest BCUT2D eigenvalue weighted by Crippen LogP contribution is -2.54. The topological polar surface area (TPSA) is 82.3 Å². The molecule has 26 heavy (non-hydrogen) atoms. The third-order valence-electron chi connectivity index (χ3n) is 5.32. The summed E-state index contributed by atoms with van der Waals surface area (Å²) in [5.41, 5.74) is -0.762. The Morgan fingerprint density at radius 2 is 1.96 bits per heavy atom. The second kappa shape index (κ2) is 7.28. The van der Waals surface area contributed by atoms with Crippen LogP contribution in [0.1, 0.15) is 44.1 Å². The Kier molecular flexibility index (Phi) is 5.08. The van der Waals surface area contributed by atoms with E-state index in [-0.39, 0.29) is 12.3 Å². The zero-order valence-electron chi connectivity index (χ0n) is 14.7. The fourth-order valence-corrected chi connectivity index (χ4v) is 3.77. The van der Waals surface area contributed by atoms with E-state index in [1.54, 1.807) is 4.90 Å². The predicted octanol–water partition coefficient (Wildman–Crippen LogP) is 3.03. The number of benzene rings is 1. The van der Waals surface area contributed by atoms with E-state index in [9.17, 15) is 14.7 Å². The molecule has 1 saturated heterocycles. The first kappa shape index (κ1) is 18.1. The van der Waals surface area contributed by atoms with E-state index >= 15 is 0 Å². The molecule has 0 radical (unpaired) electrons. The van der Waals surface area contributed by atoms with Gasteiger partial charge in [0.25, 0.3) is 0 Å². The van der Waals surface area contributed by atoms with Gasteiger partial charge in [0.15, 0.2) is 5.66 Å². The molecule has 0 aliphatic carbocycles. The zero-order valence-corrected chi connectivity index (χ0v) is 14.7. The molecule has 0 saturated carbocycles. The molecule has 0 aromatic heterocycles. The monoisotopic (exact) mass is 353 g/mol. The maximum absolute atomic E-state index is 12.8. The van der Waals surface area contributed by atoms with Crippen LogP contribution in [-0.2, 0) is 16.0 Å². The summed E-state index contributed by atoms with van der Waals surface area (Å²) in [5.74, 6) is 1.49. The molecule has 3 rings (SSSR count). The Bertz CT molecular complexity index is 747. The average molecular weight is 353 g/mol. The van der Waals surface area contributed by atoms with E-state index < -0.39 is 17.2 Å². The second-order valence-corrected chi connectivity index (χ2v) is 7.03. The second-order valence-electron chi connectivity index (χ2n) is 7.03. The van der Waals surface area contributed by atoms with Crippen LogP contribution in [-0.4, -0.2) is 39.6 Å². The quantitative estimate of drug-likeness (QED) is 0.729. The summed E-state index contributed by atoms with van der Waals surface area (Å²) in [6.07, 6.45) is 8.72. The highest BCUT2D eigenvalue weighted by Gasteiger charge is 2.50. The van der Waals surface area contributed by atoms with Crippen LogP contribution in [0.2, 0.25) is 0 Å². The van der Waals surface area contributed by atoms with Crippen LogP contribution in [0.15, 0.2) is 40.6 Å². The zero-order chi connectivity index (χ0) is 18.6. The molecular weight excluding hydrogens is 330 g/mol. The highest BCUT2D eigenvalue weighted by molar-refractivity contribution is 5.88. The molecule has 2 aliphatic heterocycles. The van der Waals surface area contributed by atoms with Crippen molar-refractivity contribution in [3.8, 4) is 12.3 Å². The van der Waals surface area contributed by atoms with Gasteiger partial charge in [-0.2, -0.15) is 10.2 Å². The number of likely N-dealkylation sites (tertiary alicyclic amines) is 1. The van der Waals surface area contributed by atoms with Gasteiger partial charge in [0.2, 0.25) is 5.91 Å². The highest BCUT2D eigenvalue weighted by Crippen LogP contribution is 2.39. The van der Waals surface area contributed by atoms with E-state index in [4.69, 9.17) is 6.42 Å². The standard InChI is InChI=1S/C20H23N3O3/c1-2-3-12-20(21-22-20)13-10-17(24)23-14-7-11-19(23,18(25)26)15-16-8-5-4-6-9-16/h1,4-6,8-9H,3,7,10-15H2,(H,25,26). The number of carboxylic acids is 1. The van der Waals surface area contributed by atoms with E-state index in [1.165, 1.54) is 0 Å². The van der Waals surface area contributed by atoms with Crippen LogP contribution in [0.4, 0.5) is 0 Å². The van der Waals surface area contributed by atoms with Crippen molar-refractivity contribution < 1.29 is 14.7 Å². The largest absolute Gasteiger partial charge is 0.479 e. The van der Waals surface area contributed by atoms with E-state index in [0.29, 0.717) is 45.1 Å². The molecule has 1 fully saturated rings. The Morgan fingerprint density at radius 1 is 1.23 bits per heavy atom. The number of nitrogens with zero attached hydrogens (tertiary/aromatic N) is 3. The number of carbonyl (C=O) groups excluding carboxylic acids is 1. The van der Waals surface area contributed by atoms with Gasteiger partial charge in [-0.25, -0.2) is 4.79 Å². The lowest BCUT2D eigenvalue weighted by Gasteiger charge is -2.35. The number of aliphatic carboxylic acids is 1. The molecule has 1 unspecified atom stereocenters. The smallest absolute Gasteiger partial charge is 0.329 e. The lowest BCUT2D eigenvalue weighted by molar-refractivity contribution is -0.156. The van der Waals surface area contributed by atoms with Crippen molar-refractivity contribution in [3.05, 3.63) is 35.9 Å². The Morgan fingerprint density at radius 3 is 2.58 bits per heavy atom. The average Bonchev–Trinajstić information content (AvgIpc) is 3.29. The molecule has 0 spiro atoms. The van der Waals surface area contributed by atoms with Crippen LogP contribution >= 0.6 is 0 Å². The van der Waals surface area contributed by atoms with E-state index in [1.807, 2.05) is 30.3 Å². The predicted molar refractivity (Wildman–Crippen MR) is 96.3 cm³/mol. The van der Waals surface area contributed by atoms with Gasteiger partial charge in [-0.3, -0.25) is 4.79 Å². The number of terminal acetylenes is 1. The fraction of sp³-hybridized carbons (Fsp3) is 0.500. The van der Waals surface area contributed by atoms with Crippen molar-refractivity contribution in [1.82, 2.24) is 4.90 Å². The molecule has 2 heterocycles. The summed E-state index contributed by atoms with van der Waals surface area (Å²) < 4.78 is 0. The molecule has 2 aliphatic rings. The lowest BCUT2D eigenvalue weighted by atomic mass is 9.87. The highest BCUT2D eigenvalue weighted by atomic mass is 16.4. The number of hydrogen-bond donors (Lipinski definition) is 1. The Balaban J connectivity index is 1.69. The summed E-state index contributed by atoms with van der Waals surface area (Å²) in [6.45, 7) is 0.476. The third kappa shape index (κ3) is 3.62. The molecular formula is C20H23N3O3. The number of rotatable bonds is 8. The SMILES string of the molecule is C#CCCC1(CCC(=O)N2CCCC2(Cc2ccccc2)C(=O)O)N=N1. The van der Waals surface area contributed by atoms with Gasteiger partial charge < -0.3 is 10.0 Å². The Labute approximate surface area is 153 Å². The van der Waals surface area contributed by atoms with Crippen molar-refractivity contribution in [2.45, 2.75) is 56.1 Å². The van der Waals surface area contributed by atoms with Gasteiger partial charge >= 0.3 is 5.97 Å².